The molecule has 0 aromatic heterocycles. The highest BCUT2D eigenvalue weighted by atomic mass is 19.4. The second kappa shape index (κ2) is 7.87. The van der Waals surface area contributed by atoms with Gasteiger partial charge in [-0.3, -0.25) is 0 Å². The lowest BCUT2D eigenvalue weighted by Crippen LogP contribution is -2.41. The topological polar surface area (TPSA) is 18.5 Å². The second-order valence-electron chi connectivity index (χ2n) is 9.10. The molecule has 2 fully saturated rings. The van der Waals surface area contributed by atoms with Crippen LogP contribution in [0, 0.1) is 5.92 Å². The molecule has 2 aliphatic rings. The highest BCUT2D eigenvalue weighted by molar-refractivity contribution is 6.54. The maximum absolute atomic E-state index is 12.9. The van der Waals surface area contributed by atoms with Crippen molar-refractivity contribution in [3.63, 3.8) is 0 Å². The maximum atomic E-state index is 12.9. The van der Waals surface area contributed by atoms with E-state index >= 15 is 0 Å². The van der Waals surface area contributed by atoms with Gasteiger partial charge in [-0.2, -0.15) is 13.2 Å². The summed E-state index contributed by atoms with van der Waals surface area (Å²) in [6.45, 7) is 8.07. The minimum absolute atomic E-state index is 0.441. The molecule has 0 radical (unpaired) electrons. The van der Waals surface area contributed by atoms with Crippen LogP contribution in [0.4, 0.5) is 13.2 Å². The molecule has 1 saturated carbocycles. The Labute approximate surface area is 166 Å². The predicted octanol–water partition coefficient (Wildman–Crippen LogP) is 6.39. The molecule has 6 heteroatoms. The Kier molecular flexibility index (Phi) is 6.03. The lowest BCUT2D eigenvalue weighted by molar-refractivity contribution is -0.137. The average molecular weight is 394 g/mol. The summed E-state index contributed by atoms with van der Waals surface area (Å²) in [5, 5.41) is 0. The molecule has 0 N–H and O–H groups in total. The monoisotopic (exact) mass is 394 g/mol. The number of hydrogen-bond donors (Lipinski definition) is 0. The van der Waals surface area contributed by atoms with Gasteiger partial charge in [0.05, 0.1) is 16.8 Å². The Hall–Kier alpha value is -1.27. The quantitative estimate of drug-likeness (QED) is 0.552. The number of rotatable bonds is 4. The van der Waals surface area contributed by atoms with Gasteiger partial charge in [0.1, 0.15) is 0 Å². The lowest BCUT2D eigenvalue weighted by atomic mass is 9.72. The number of alkyl halides is 3. The first-order valence-corrected chi connectivity index (χ1v) is 10.2. The Balaban J connectivity index is 1.84. The number of halogens is 3. The second-order valence-corrected chi connectivity index (χ2v) is 9.10. The van der Waals surface area contributed by atoms with Crippen LogP contribution in [0.3, 0.4) is 0 Å². The van der Waals surface area contributed by atoms with E-state index in [1.54, 1.807) is 12.1 Å². The lowest BCUT2D eigenvalue weighted by Gasteiger charge is -2.32. The molecule has 0 unspecified atom stereocenters. The van der Waals surface area contributed by atoms with Crippen molar-refractivity contribution in [3.8, 4) is 0 Å². The van der Waals surface area contributed by atoms with E-state index in [0.29, 0.717) is 12.3 Å². The highest BCUT2D eigenvalue weighted by Gasteiger charge is 2.52. The number of hydrogen-bond acceptors (Lipinski definition) is 2. The summed E-state index contributed by atoms with van der Waals surface area (Å²) < 4.78 is 51.1. The molecule has 28 heavy (non-hydrogen) atoms. The van der Waals surface area contributed by atoms with Crippen LogP contribution in [0.15, 0.2) is 35.8 Å². The van der Waals surface area contributed by atoms with Crippen LogP contribution in [0.1, 0.15) is 70.9 Å². The summed E-state index contributed by atoms with van der Waals surface area (Å²) in [6, 6.07) is 5.42. The van der Waals surface area contributed by atoms with Crippen molar-refractivity contribution < 1.29 is 22.5 Å². The number of benzene rings is 1. The largest absolute Gasteiger partial charge is 0.490 e. The van der Waals surface area contributed by atoms with Crippen molar-refractivity contribution in [2.45, 2.75) is 83.6 Å². The van der Waals surface area contributed by atoms with Gasteiger partial charge in [0, 0.05) is 0 Å². The van der Waals surface area contributed by atoms with Crippen molar-refractivity contribution in [3.05, 3.63) is 46.9 Å². The van der Waals surface area contributed by atoms with E-state index in [1.165, 1.54) is 19.3 Å². The van der Waals surface area contributed by atoms with Crippen molar-refractivity contribution in [1.29, 1.82) is 0 Å². The molecule has 0 atom stereocenters. The van der Waals surface area contributed by atoms with Gasteiger partial charge in [0.2, 0.25) is 0 Å². The minimum atomic E-state index is -4.31. The van der Waals surface area contributed by atoms with Crippen LogP contribution >= 0.6 is 0 Å². The SMILES string of the molecule is CC1(C)OB(/C(=C\C2CCCCC2)Cc2ccc(C(F)(F)F)cc2)OC1(C)C. The standard InChI is InChI=1S/C22H30BF3O2/c1-20(2)21(3,4)28-23(27-20)19(14-16-8-6-5-7-9-16)15-17-10-12-18(13-11-17)22(24,25)26/h10-14,16H,5-9,15H2,1-4H3/b19-14-. The van der Waals surface area contributed by atoms with Gasteiger partial charge < -0.3 is 9.31 Å². The molecule has 0 amide bonds. The first-order chi connectivity index (χ1) is 13.0. The third kappa shape index (κ3) is 4.83. The van der Waals surface area contributed by atoms with E-state index < -0.39 is 30.1 Å². The summed E-state index contributed by atoms with van der Waals surface area (Å²) >= 11 is 0. The fraction of sp³-hybridized carbons (Fsp3) is 0.636. The third-order valence-electron chi connectivity index (χ3n) is 6.35. The van der Waals surface area contributed by atoms with Gasteiger partial charge in [0.25, 0.3) is 0 Å². The molecular formula is C22H30BF3O2. The molecule has 1 aliphatic carbocycles. The zero-order valence-corrected chi connectivity index (χ0v) is 17.2. The molecule has 3 rings (SSSR count). The molecule has 1 aliphatic heterocycles. The normalized spacial score (nSPS) is 23.2. The molecule has 1 aromatic rings. The van der Waals surface area contributed by atoms with E-state index in [0.717, 1.165) is 36.0 Å². The first kappa shape index (κ1) is 21.4. The maximum Gasteiger partial charge on any atom is 0.490 e. The highest BCUT2D eigenvalue weighted by Crippen LogP contribution is 2.40. The van der Waals surface area contributed by atoms with Gasteiger partial charge in [-0.05, 0) is 76.0 Å². The van der Waals surface area contributed by atoms with E-state index in [1.807, 2.05) is 27.7 Å². The summed E-state index contributed by atoms with van der Waals surface area (Å²) in [5.41, 5.74) is 0.354. The summed E-state index contributed by atoms with van der Waals surface area (Å²) in [5.74, 6) is 0.484. The van der Waals surface area contributed by atoms with Gasteiger partial charge in [-0.1, -0.05) is 37.5 Å². The summed E-state index contributed by atoms with van der Waals surface area (Å²) in [6.07, 6.45) is 4.49. The molecule has 1 heterocycles. The van der Waals surface area contributed by atoms with Crippen LogP contribution in [0.25, 0.3) is 0 Å². The Bertz CT molecular complexity index is 685. The van der Waals surface area contributed by atoms with Gasteiger partial charge in [-0.15, -0.1) is 0 Å². The zero-order valence-electron chi connectivity index (χ0n) is 17.2. The van der Waals surface area contributed by atoms with Crippen LogP contribution in [-0.2, 0) is 21.9 Å². The van der Waals surface area contributed by atoms with E-state index in [4.69, 9.17) is 9.31 Å². The van der Waals surface area contributed by atoms with Crippen molar-refractivity contribution in [1.82, 2.24) is 0 Å². The fourth-order valence-corrected chi connectivity index (χ4v) is 3.87. The molecule has 0 spiro atoms. The summed E-state index contributed by atoms with van der Waals surface area (Å²) in [7, 11) is -0.464. The van der Waals surface area contributed by atoms with Crippen molar-refractivity contribution >= 4 is 7.12 Å². The van der Waals surface area contributed by atoms with Crippen molar-refractivity contribution in [2.75, 3.05) is 0 Å². The Morgan fingerprint density at radius 2 is 1.54 bits per heavy atom. The molecule has 2 nitrogen and oxygen atoms in total. The van der Waals surface area contributed by atoms with Gasteiger partial charge in [-0.25, -0.2) is 0 Å². The smallest absolute Gasteiger partial charge is 0.400 e. The average Bonchev–Trinajstić information content (AvgIpc) is 2.83. The molecular weight excluding hydrogens is 364 g/mol. The van der Waals surface area contributed by atoms with Crippen LogP contribution < -0.4 is 0 Å². The fourth-order valence-electron chi connectivity index (χ4n) is 3.87. The zero-order chi connectivity index (χ0) is 20.6. The molecule has 0 bridgehead atoms. The molecule has 154 valence electrons. The minimum Gasteiger partial charge on any atom is -0.400 e. The van der Waals surface area contributed by atoms with Gasteiger partial charge >= 0.3 is 13.3 Å². The van der Waals surface area contributed by atoms with Gasteiger partial charge in [0.15, 0.2) is 0 Å². The Morgan fingerprint density at radius 3 is 2.04 bits per heavy atom. The number of allylic oxidation sites excluding steroid dienone is 2. The third-order valence-corrected chi connectivity index (χ3v) is 6.35. The first-order valence-electron chi connectivity index (χ1n) is 10.2. The van der Waals surface area contributed by atoms with E-state index in [2.05, 4.69) is 6.08 Å². The van der Waals surface area contributed by atoms with Crippen LogP contribution in [-0.4, -0.2) is 18.3 Å². The molecule has 1 saturated heterocycles. The van der Waals surface area contributed by atoms with Crippen LogP contribution in [0.5, 0.6) is 0 Å². The predicted molar refractivity (Wildman–Crippen MR) is 106 cm³/mol. The van der Waals surface area contributed by atoms with E-state index in [-0.39, 0.29) is 0 Å². The van der Waals surface area contributed by atoms with Crippen molar-refractivity contribution in [2.24, 2.45) is 5.92 Å². The summed E-state index contributed by atoms with van der Waals surface area (Å²) in [4.78, 5) is 0. The molecule has 1 aromatic carbocycles. The Morgan fingerprint density at radius 1 is 1.00 bits per heavy atom. The van der Waals surface area contributed by atoms with Crippen LogP contribution in [0.2, 0.25) is 0 Å². The van der Waals surface area contributed by atoms with E-state index in [9.17, 15) is 13.2 Å².